The predicted molar refractivity (Wildman–Crippen MR) is 100 cm³/mol. The molecule has 0 saturated carbocycles. The van der Waals surface area contributed by atoms with Crippen LogP contribution in [0.25, 0.3) is 10.9 Å². The smallest absolute Gasteiger partial charge is 0.253 e. The van der Waals surface area contributed by atoms with Crippen LogP contribution in [-0.4, -0.2) is 20.1 Å². The molecule has 1 atom stereocenters. The van der Waals surface area contributed by atoms with Crippen molar-refractivity contribution in [2.75, 3.05) is 11.1 Å². The van der Waals surface area contributed by atoms with Crippen LogP contribution in [-0.2, 0) is 0 Å². The summed E-state index contributed by atoms with van der Waals surface area (Å²) in [4.78, 5) is 22.9. The number of nitrogens with one attached hydrogen (secondary N) is 2. The van der Waals surface area contributed by atoms with Crippen LogP contribution in [0.5, 0.6) is 5.75 Å². The number of fused-ring (bicyclic) bond motifs is 1. The summed E-state index contributed by atoms with van der Waals surface area (Å²) >= 11 is 5.99. The number of rotatable bonds is 3. The van der Waals surface area contributed by atoms with Gasteiger partial charge in [-0.3, -0.25) is 4.79 Å². The van der Waals surface area contributed by atoms with E-state index in [-0.39, 0.29) is 42.6 Å². The maximum atomic E-state index is 12.2. The molecule has 2 heterocycles. The molecule has 126 valence electrons. The number of hydrogen-bond donors (Lipinski definition) is 4. The summed E-state index contributed by atoms with van der Waals surface area (Å²) in [5.74, 6) is -0.00584. The first-order valence-corrected chi connectivity index (χ1v) is 7.22. The molecule has 0 bridgehead atoms. The number of anilines is 2. The molecule has 3 rings (SSSR count). The number of hydrogen-bond acceptors (Lipinski definition) is 6. The molecule has 7 nitrogen and oxygen atoms in total. The largest absolute Gasteiger partial charge is 0.503 e. The Morgan fingerprint density at radius 1 is 1.38 bits per heavy atom. The summed E-state index contributed by atoms with van der Waals surface area (Å²) in [5, 5.41) is 13.7. The first-order valence-electron chi connectivity index (χ1n) is 6.84. The maximum absolute atomic E-state index is 12.2. The van der Waals surface area contributed by atoms with Crippen LogP contribution in [0.4, 0.5) is 11.8 Å². The minimum absolute atomic E-state index is 0. The molecular weight excluding hydrogens is 350 g/mol. The molecule has 3 aromatic rings. The number of nitrogens with zero attached hydrogens (tertiary/aromatic N) is 2. The first kappa shape index (κ1) is 17.9. The van der Waals surface area contributed by atoms with Crippen molar-refractivity contribution in [2.45, 2.75) is 13.0 Å². The van der Waals surface area contributed by atoms with Crippen molar-refractivity contribution in [3.05, 3.63) is 51.4 Å². The molecular formula is C15H16ClN5O2S. The molecule has 2 aromatic heterocycles. The minimum Gasteiger partial charge on any atom is -0.503 e. The number of benzene rings is 1. The fourth-order valence-electron chi connectivity index (χ4n) is 2.25. The van der Waals surface area contributed by atoms with Crippen LogP contribution in [0.15, 0.2) is 35.3 Å². The van der Waals surface area contributed by atoms with Crippen LogP contribution < -0.4 is 16.6 Å². The highest BCUT2D eigenvalue weighted by Gasteiger charge is 2.13. The molecule has 0 spiro atoms. The second-order valence-corrected chi connectivity index (χ2v) is 5.55. The molecule has 0 amide bonds. The zero-order valence-corrected chi connectivity index (χ0v) is 14.4. The molecule has 0 fully saturated rings. The highest BCUT2D eigenvalue weighted by molar-refractivity contribution is 7.59. The van der Waals surface area contributed by atoms with Gasteiger partial charge in [0.05, 0.1) is 12.2 Å². The third-order valence-electron chi connectivity index (χ3n) is 3.45. The van der Waals surface area contributed by atoms with Gasteiger partial charge in [-0.25, -0.2) is 4.98 Å². The maximum Gasteiger partial charge on any atom is 0.253 e. The van der Waals surface area contributed by atoms with Gasteiger partial charge in [-0.05, 0) is 31.2 Å². The molecule has 0 aliphatic carbocycles. The fourth-order valence-corrected chi connectivity index (χ4v) is 2.43. The van der Waals surface area contributed by atoms with Crippen molar-refractivity contribution < 1.29 is 5.11 Å². The van der Waals surface area contributed by atoms with Crippen molar-refractivity contribution in [3.63, 3.8) is 0 Å². The van der Waals surface area contributed by atoms with Gasteiger partial charge < -0.3 is 21.1 Å². The molecule has 0 unspecified atom stereocenters. The molecule has 0 aliphatic heterocycles. The van der Waals surface area contributed by atoms with E-state index >= 15 is 0 Å². The lowest BCUT2D eigenvalue weighted by molar-refractivity contribution is 0.473. The van der Waals surface area contributed by atoms with Crippen LogP contribution in [0.3, 0.4) is 0 Å². The van der Waals surface area contributed by atoms with Gasteiger partial charge in [-0.2, -0.15) is 18.5 Å². The van der Waals surface area contributed by atoms with E-state index in [0.717, 1.165) is 5.39 Å². The van der Waals surface area contributed by atoms with Crippen LogP contribution >= 0.6 is 25.1 Å². The Labute approximate surface area is 149 Å². The topological polar surface area (TPSA) is 117 Å². The number of H-pyrrole nitrogens is 1. The zero-order valence-electron chi connectivity index (χ0n) is 12.7. The molecule has 24 heavy (non-hydrogen) atoms. The van der Waals surface area contributed by atoms with Crippen LogP contribution in [0.2, 0.25) is 5.02 Å². The van der Waals surface area contributed by atoms with Gasteiger partial charge in [0.1, 0.15) is 0 Å². The quantitative estimate of drug-likeness (QED) is 0.566. The van der Waals surface area contributed by atoms with Gasteiger partial charge in [-0.15, -0.1) is 0 Å². The Kier molecular flexibility index (Phi) is 5.20. The monoisotopic (exact) mass is 365 g/mol. The normalized spacial score (nSPS) is 11.8. The number of aromatic amines is 1. The lowest BCUT2D eigenvalue weighted by Crippen LogP contribution is -2.20. The summed E-state index contributed by atoms with van der Waals surface area (Å²) in [6, 6.07) is 6.64. The van der Waals surface area contributed by atoms with Crippen molar-refractivity contribution in [1.29, 1.82) is 0 Å². The summed E-state index contributed by atoms with van der Waals surface area (Å²) in [6.45, 7) is 1.80. The van der Waals surface area contributed by atoms with Gasteiger partial charge in [0, 0.05) is 21.5 Å². The molecule has 0 aliphatic rings. The van der Waals surface area contributed by atoms with E-state index in [1.807, 2.05) is 0 Å². The van der Waals surface area contributed by atoms with E-state index in [1.54, 1.807) is 31.2 Å². The molecule has 0 radical (unpaired) electrons. The standard InChI is InChI=1S/C15H14ClN5O2.H2S/c1-7(19-15-18-6-12(22)13(17)21-15)10-5-8-4-9(16)2-3-11(8)20-14(10)23;/h2-7,22H,1H3,(H,20,23)(H3,17,18,19,21);1H2/t7-;/m0./s1. The Morgan fingerprint density at radius 2 is 2.12 bits per heavy atom. The summed E-state index contributed by atoms with van der Waals surface area (Å²) in [5.41, 5.74) is 6.53. The highest BCUT2D eigenvalue weighted by atomic mass is 35.5. The third kappa shape index (κ3) is 3.55. The highest BCUT2D eigenvalue weighted by Crippen LogP contribution is 2.22. The van der Waals surface area contributed by atoms with E-state index in [9.17, 15) is 9.90 Å². The van der Waals surface area contributed by atoms with Gasteiger partial charge in [0.15, 0.2) is 11.6 Å². The lowest BCUT2D eigenvalue weighted by atomic mass is 10.1. The van der Waals surface area contributed by atoms with Crippen LogP contribution in [0, 0.1) is 0 Å². The Morgan fingerprint density at radius 3 is 2.83 bits per heavy atom. The van der Waals surface area contributed by atoms with Crippen molar-refractivity contribution in [2.24, 2.45) is 0 Å². The summed E-state index contributed by atoms with van der Waals surface area (Å²) < 4.78 is 0. The molecule has 5 N–H and O–H groups in total. The van der Waals surface area contributed by atoms with E-state index in [2.05, 4.69) is 20.3 Å². The number of pyridine rings is 1. The zero-order chi connectivity index (χ0) is 16.6. The van der Waals surface area contributed by atoms with Crippen LogP contribution in [0.1, 0.15) is 18.5 Å². The number of halogens is 1. The second kappa shape index (κ2) is 6.98. The molecule has 9 heteroatoms. The Hall–Kier alpha value is -2.45. The number of aromatic hydroxyl groups is 1. The van der Waals surface area contributed by atoms with E-state index < -0.39 is 0 Å². The fraction of sp³-hybridized carbons (Fsp3) is 0.133. The second-order valence-electron chi connectivity index (χ2n) is 5.12. The van der Waals surface area contributed by atoms with Crippen molar-refractivity contribution in [1.82, 2.24) is 15.0 Å². The van der Waals surface area contributed by atoms with Gasteiger partial charge in [0.25, 0.3) is 5.56 Å². The summed E-state index contributed by atoms with van der Waals surface area (Å²) in [7, 11) is 0. The predicted octanol–water partition coefficient (Wildman–Crippen LogP) is 2.55. The molecule has 1 aromatic carbocycles. The lowest BCUT2D eigenvalue weighted by Gasteiger charge is -2.14. The third-order valence-corrected chi connectivity index (χ3v) is 3.68. The Bertz CT molecular complexity index is 947. The number of nitrogen functional groups attached to an aromatic ring is 1. The summed E-state index contributed by atoms with van der Waals surface area (Å²) in [6.07, 6.45) is 1.20. The number of aromatic nitrogens is 3. The van der Waals surface area contributed by atoms with E-state index in [1.165, 1.54) is 6.20 Å². The molecule has 0 saturated heterocycles. The van der Waals surface area contributed by atoms with E-state index in [4.69, 9.17) is 17.3 Å². The van der Waals surface area contributed by atoms with Crippen molar-refractivity contribution >= 4 is 47.8 Å². The van der Waals surface area contributed by atoms with Crippen molar-refractivity contribution in [3.8, 4) is 5.75 Å². The van der Waals surface area contributed by atoms with Gasteiger partial charge >= 0.3 is 0 Å². The van der Waals surface area contributed by atoms with E-state index in [0.29, 0.717) is 16.1 Å². The SMILES string of the molecule is C[C@H](Nc1ncc(O)c(N)n1)c1cc2cc(Cl)ccc2[nH]c1=O.S. The minimum atomic E-state index is -0.369. The average molecular weight is 366 g/mol. The van der Waals surface area contributed by atoms with Gasteiger partial charge in [-0.1, -0.05) is 11.6 Å². The number of nitrogens with two attached hydrogens (primary N) is 1. The van der Waals surface area contributed by atoms with Gasteiger partial charge in [0.2, 0.25) is 5.95 Å². The first-order chi connectivity index (χ1) is 10.9. The Balaban J connectivity index is 0.00000208. The average Bonchev–Trinajstić information content (AvgIpc) is 2.50.